The van der Waals surface area contributed by atoms with Gasteiger partial charge in [0, 0.05) is 43.1 Å². The van der Waals surface area contributed by atoms with E-state index in [-0.39, 0.29) is 17.8 Å². The van der Waals surface area contributed by atoms with Crippen LogP contribution in [0.1, 0.15) is 32.4 Å². The van der Waals surface area contributed by atoms with Crippen molar-refractivity contribution in [3.63, 3.8) is 0 Å². The quantitative estimate of drug-likeness (QED) is 0.339. The monoisotopic (exact) mass is 510 g/mol. The van der Waals surface area contributed by atoms with E-state index >= 15 is 0 Å². The van der Waals surface area contributed by atoms with Crippen molar-refractivity contribution in [1.29, 1.82) is 0 Å². The van der Waals surface area contributed by atoms with E-state index in [0.29, 0.717) is 22.8 Å². The van der Waals surface area contributed by atoms with Crippen molar-refractivity contribution in [2.75, 3.05) is 23.3 Å². The number of hydrogen-bond acceptors (Lipinski definition) is 8. The fourth-order valence-corrected chi connectivity index (χ4v) is 3.97. The molecule has 1 aliphatic heterocycles. The molecule has 1 aromatic carbocycles. The zero-order chi connectivity index (χ0) is 23.4. The summed E-state index contributed by atoms with van der Waals surface area (Å²) in [5, 5.41) is 22.5. The normalized spacial score (nSPS) is 15.2. The molecule has 4 N–H and O–H groups in total. The lowest BCUT2D eigenvalue weighted by Gasteiger charge is -2.33. The Bertz CT molecular complexity index is 1130. The Hall–Kier alpha value is -3.27. The maximum Gasteiger partial charge on any atom is 0.225 e. The average Bonchev–Trinajstić information content (AvgIpc) is 2.80. The SMILES string of the molecule is CC(C)N=C(N)c1nnc(-c2ccccc2O)cc1NC1CCN(c2ncc(Br)cn2)CC1. The van der Waals surface area contributed by atoms with Gasteiger partial charge in [-0.15, -0.1) is 10.2 Å². The molecule has 1 aliphatic rings. The Balaban J connectivity index is 1.56. The second-order valence-corrected chi connectivity index (χ2v) is 9.14. The molecule has 0 atom stereocenters. The van der Waals surface area contributed by atoms with E-state index in [0.717, 1.165) is 42.0 Å². The standard InChI is InChI=1S/C23H27BrN8O/c1-14(2)28-22(25)21-19(11-18(30-31-21)17-5-3-4-6-20(17)33)29-16-7-9-32(10-8-16)23-26-12-15(24)13-27-23/h3-6,11-14,16,33H,7-10H2,1-2H3,(H2,25,28)(H,29,30). The molecular weight excluding hydrogens is 484 g/mol. The summed E-state index contributed by atoms with van der Waals surface area (Å²) in [5.74, 6) is 1.22. The summed E-state index contributed by atoms with van der Waals surface area (Å²) in [6.07, 6.45) is 5.32. The van der Waals surface area contributed by atoms with Gasteiger partial charge in [-0.05, 0) is 60.8 Å². The number of aromatic hydroxyl groups is 1. The first kappa shape index (κ1) is 22.9. The van der Waals surface area contributed by atoms with Gasteiger partial charge in [-0.1, -0.05) is 12.1 Å². The summed E-state index contributed by atoms with van der Waals surface area (Å²) in [6, 6.07) is 9.19. The number of anilines is 2. The van der Waals surface area contributed by atoms with Crippen LogP contribution in [0.2, 0.25) is 0 Å². The molecule has 2 aromatic heterocycles. The molecule has 1 saturated heterocycles. The molecule has 9 nitrogen and oxygen atoms in total. The second kappa shape index (κ2) is 10.1. The summed E-state index contributed by atoms with van der Waals surface area (Å²) < 4.78 is 0.862. The Labute approximate surface area is 201 Å². The van der Waals surface area contributed by atoms with Crippen molar-refractivity contribution >= 4 is 33.4 Å². The lowest BCUT2D eigenvalue weighted by atomic mass is 10.0. The highest BCUT2D eigenvalue weighted by molar-refractivity contribution is 9.10. The van der Waals surface area contributed by atoms with Gasteiger partial charge in [-0.25, -0.2) is 9.97 Å². The number of rotatable bonds is 6. The number of hydrogen-bond donors (Lipinski definition) is 3. The van der Waals surface area contributed by atoms with Crippen molar-refractivity contribution in [3.8, 4) is 17.0 Å². The van der Waals surface area contributed by atoms with Crippen LogP contribution in [0.4, 0.5) is 11.6 Å². The third kappa shape index (κ3) is 5.57. The fraction of sp³-hybridized carbons (Fsp3) is 0.348. The molecule has 0 radical (unpaired) electrons. The highest BCUT2D eigenvalue weighted by atomic mass is 79.9. The number of benzene rings is 1. The van der Waals surface area contributed by atoms with E-state index < -0.39 is 0 Å². The molecular formula is C23H27BrN8O. The molecule has 0 amide bonds. The molecule has 0 unspecified atom stereocenters. The Morgan fingerprint density at radius 1 is 1.18 bits per heavy atom. The van der Waals surface area contributed by atoms with E-state index in [1.54, 1.807) is 24.5 Å². The Kier molecular flexibility index (Phi) is 7.02. The zero-order valence-corrected chi connectivity index (χ0v) is 20.2. The van der Waals surface area contributed by atoms with E-state index in [2.05, 4.69) is 51.3 Å². The van der Waals surface area contributed by atoms with Crippen LogP contribution in [0.3, 0.4) is 0 Å². The van der Waals surface area contributed by atoms with Gasteiger partial charge < -0.3 is 21.1 Å². The van der Waals surface area contributed by atoms with Crippen LogP contribution in [0, 0.1) is 0 Å². The average molecular weight is 511 g/mol. The topological polar surface area (TPSA) is 125 Å². The summed E-state index contributed by atoms with van der Waals surface area (Å²) in [7, 11) is 0. The lowest BCUT2D eigenvalue weighted by molar-refractivity contribution is 0.477. The number of phenols is 1. The van der Waals surface area contributed by atoms with Crippen molar-refractivity contribution in [3.05, 3.63) is 52.9 Å². The molecule has 0 bridgehead atoms. The molecule has 3 heterocycles. The van der Waals surface area contributed by atoms with Crippen LogP contribution < -0.4 is 16.0 Å². The summed E-state index contributed by atoms with van der Waals surface area (Å²) in [5.41, 5.74) is 8.71. The number of piperidine rings is 1. The molecule has 172 valence electrons. The molecule has 0 spiro atoms. The molecule has 0 saturated carbocycles. The van der Waals surface area contributed by atoms with Gasteiger partial charge in [0.1, 0.15) is 11.6 Å². The van der Waals surface area contributed by atoms with E-state index in [1.165, 1.54) is 0 Å². The van der Waals surface area contributed by atoms with Gasteiger partial charge in [0.25, 0.3) is 0 Å². The Morgan fingerprint density at radius 2 is 1.88 bits per heavy atom. The maximum absolute atomic E-state index is 10.3. The van der Waals surface area contributed by atoms with Gasteiger partial charge in [-0.3, -0.25) is 4.99 Å². The maximum atomic E-state index is 10.3. The van der Waals surface area contributed by atoms with Gasteiger partial charge in [0.2, 0.25) is 5.95 Å². The molecule has 33 heavy (non-hydrogen) atoms. The first-order valence-electron chi connectivity index (χ1n) is 10.9. The van der Waals surface area contributed by atoms with Crippen molar-refractivity contribution in [1.82, 2.24) is 20.2 Å². The summed E-state index contributed by atoms with van der Waals surface area (Å²) >= 11 is 3.38. The number of para-hydroxylation sites is 1. The van der Waals surface area contributed by atoms with Crippen molar-refractivity contribution in [2.45, 2.75) is 38.8 Å². The first-order valence-corrected chi connectivity index (χ1v) is 11.7. The van der Waals surface area contributed by atoms with E-state index in [4.69, 9.17) is 5.73 Å². The number of aromatic nitrogens is 4. The van der Waals surface area contributed by atoms with Crippen LogP contribution in [0.15, 0.2) is 52.2 Å². The minimum Gasteiger partial charge on any atom is -0.507 e. The predicted molar refractivity (Wildman–Crippen MR) is 134 cm³/mol. The van der Waals surface area contributed by atoms with E-state index in [9.17, 15) is 5.11 Å². The predicted octanol–water partition coefficient (Wildman–Crippen LogP) is 3.60. The van der Waals surface area contributed by atoms with Gasteiger partial charge in [0.05, 0.1) is 15.9 Å². The van der Waals surface area contributed by atoms with Crippen LogP contribution in [0.25, 0.3) is 11.3 Å². The molecule has 4 rings (SSSR count). The largest absolute Gasteiger partial charge is 0.507 e. The summed E-state index contributed by atoms with van der Waals surface area (Å²) in [6.45, 7) is 5.58. The number of halogens is 1. The fourth-order valence-electron chi connectivity index (χ4n) is 3.76. The van der Waals surface area contributed by atoms with Crippen LogP contribution in [-0.2, 0) is 0 Å². The number of amidine groups is 1. The van der Waals surface area contributed by atoms with Gasteiger partial charge >= 0.3 is 0 Å². The lowest BCUT2D eigenvalue weighted by Crippen LogP contribution is -2.40. The molecule has 10 heteroatoms. The van der Waals surface area contributed by atoms with Gasteiger partial charge in [0.15, 0.2) is 5.69 Å². The number of nitrogens with zero attached hydrogens (tertiary/aromatic N) is 6. The minimum absolute atomic E-state index is 0.0339. The highest BCUT2D eigenvalue weighted by Gasteiger charge is 2.23. The minimum atomic E-state index is 0.0339. The zero-order valence-electron chi connectivity index (χ0n) is 18.6. The Morgan fingerprint density at radius 3 is 2.55 bits per heavy atom. The first-order chi connectivity index (χ1) is 15.9. The number of nitrogens with one attached hydrogen (secondary N) is 1. The van der Waals surface area contributed by atoms with Crippen LogP contribution in [-0.4, -0.2) is 56.3 Å². The highest BCUT2D eigenvalue weighted by Crippen LogP contribution is 2.30. The third-order valence-electron chi connectivity index (χ3n) is 5.36. The molecule has 3 aromatic rings. The summed E-state index contributed by atoms with van der Waals surface area (Å²) in [4.78, 5) is 15.4. The van der Waals surface area contributed by atoms with Crippen LogP contribution in [0.5, 0.6) is 5.75 Å². The second-order valence-electron chi connectivity index (χ2n) is 8.22. The van der Waals surface area contributed by atoms with Gasteiger partial charge in [-0.2, -0.15) is 0 Å². The van der Waals surface area contributed by atoms with Crippen molar-refractivity contribution in [2.24, 2.45) is 10.7 Å². The van der Waals surface area contributed by atoms with Crippen LogP contribution >= 0.6 is 15.9 Å². The number of aliphatic imine (C=N–C) groups is 1. The van der Waals surface area contributed by atoms with Crippen molar-refractivity contribution < 1.29 is 5.11 Å². The number of phenolic OH excluding ortho intramolecular Hbond substituents is 1. The smallest absolute Gasteiger partial charge is 0.225 e. The molecule has 1 fully saturated rings. The number of nitrogens with two attached hydrogens (primary N) is 1. The molecule has 0 aliphatic carbocycles. The third-order valence-corrected chi connectivity index (χ3v) is 5.77. The van der Waals surface area contributed by atoms with E-state index in [1.807, 2.05) is 32.0 Å².